The number of carbonyl (C=O) groups excluding carboxylic acids is 2. The molecule has 2 fully saturated rings. The molecule has 1 saturated carbocycles. The Morgan fingerprint density at radius 3 is 2.86 bits per heavy atom. The molecule has 4 nitrogen and oxygen atoms in total. The Labute approximate surface area is 166 Å². The smallest absolute Gasteiger partial charge is 0.340 e. The lowest BCUT2D eigenvalue weighted by atomic mass is 9.44. The Morgan fingerprint density at radius 1 is 1.29 bits per heavy atom. The van der Waals surface area contributed by atoms with Crippen LogP contribution in [0.1, 0.15) is 59.3 Å². The Morgan fingerprint density at radius 2 is 2.11 bits per heavy atom. The van der Waals surface area contributed by atoms with E-state index in [4.69, 9.17) is 9.47 Å². The van der Waals surface area contributed by atoms with E-state index in [1.54, 1.807) is 0 Å². The fraction of sp³-hybridized carbons (Fsp3) is 0.583. The molecule has 0 N–H and O–H groups in total. The van der Waals surface area contributed by atoms with Gasteiger partial charge in [-0.1, -0.05) is 45.4 Å². The fourth-order valence-electron chi connectivity index (χ4n) is 6.71. The molecule has 4 aliphatic carbocycles. The maximum Gasteiger partial charge on any atom is 0.340 e. The van der Waals surface area contributed by atoms with E-state index in [0.29, 0.717) is 11.5 Å². The monoisotopic (exact) mass is 380 g/mol. The van der Waals surface area contributed by atoms with Crippen molar-refractivity contribution in [1.82, 2.24) is 0 Å². The summed E-state index contributed by atoms with van der Waals surface area (Å²) in [5.41, 5.74) is 1.12. The largest absolute Gasteiger partial charge is 0.449 e. The van der Waals surface area contributed by atoms with Crippen molar-refractivity contribution in [1.29, 1.82) is 0 Å². The average Bonchev–Trinajstić information content (AvgIpc) is 3.14. The highest BCUT2D eigenvalue weighted by atomic mass is 16.6. The number of esters is 2. The van der Waals surface area contributed by atoms with Gasteiger partial charge in [-0.3, -0.25) is 0 Å². The molecule has 0 radical (unpaired) electrons. The minimum absolute atomic E-state index is 0.160. The van der Waals surface area contributed by atoms with Gasteiger partial charge in [0.2, 0.25) is 0 Å². The van der Waals surface area contributed by atoms with Gasteiger partial charge in [0.05, 0.1) is 11.1 Å². The third-order valence-corrected chi connectivity index (χ3v) is 7.53. The Bertz CT molecular complexity index is 886. The Balaban J connectivity index is 1.83. The molecular weight excluding hydrogens is 352 g/mol. The lowest BCUT2D eigenvalue weighted by molar-refractivity contribution is -0.180. The highest BCUT2D eigenvalue weighted by molar-refractivity contribution is 6.00. The number of unbranched alkanes of at least 4 members (excludes halogenated alkanes) is 1. The van der Waals surface area contributed by atoms with Crippen LogP contribution in [0.3, 0.4) is 0 Å². The molecule has 6 rings (SSSR count). The molecule has 0 unspecified atom stereocenters. The van der Waals surface area contributed by atoms with Crippen molar-refractivity contribution in [3.63, 3.8) is 0 Å². The molecule has 0 aromatic carbocycles. The van der Waals surface area contributed by atoms with Crippen LogP contribution in [0.5, 0.6) is 0 Å². The molecule has 0 aromatic rings. The summed E-state index contributed by atoms with van der Waals surface area (Å²) in [6.45, 7) is 6.56. The van der Waals surface area contributed by atoms with Crippen molar-refractivity contribution >= 4 is 11.9 Å². The number of fused-ring (bicyclic) bond motifs is 1. The van der Waals surface area contributed by atoms with Crippen molar-refractivity contribution < 1.29 is 19.1 Å². The van der Waals surface area contributed by atoms with Gasteiger partial charge in [0.1, 0.15) is 11.2 Å². The predicted molar refractivity (Wildman–Crippen MR) is 105 cm³/mol. The van der Waals surface area contributed by atoms with E-state index < -0.39 is 11.0 Å². The molecule has 2 aliphatic heterocycles. The molecule has 2 spiro atoms. The molecule has 28 heavy (non-hydrogen) atoms. The summed E-state index contributed by atoms with van der Waals surface area (Å²) in [7, 11) is 0. The van der Waals surface area contributed by atoms with Crippen LogP contribution in [-0.2, 0) is 19.1 Å². The molecule has 6 aliphatic rings. The normalized spacial score (nSPS) is 39.6. The highest BCUT2D eigenvalue weighted by Crippen LogP contribution is 2.71. The summed E-state index contributed by atoms with van der Waals surface area (Å²) in [5.74, 6) is 0.976. The summed E-state index contributed by atoms with van der Waals surface area (Å²) in [6, 6.07) is 0. The second-order valence-corrected chi connectivity index (χ2v) is 9.16. The first-order chi connectivity index (χ1) is 13.5. The van der Waals surface area contributed by atoms with Gasteiger partial charge in [-0.15, -0.1) is 0 Å². The van der Waals surface area contributed by atoms with Crippen LogP contribution in [0.15, 0.2) is 46.8 Å². The van der Waals surface area contributed by atoms with Gasteiger partial charge in [0.15, 0.2) is 5.60 Å². The van der Waals surface area contributed by atoms with Crippen LogP contribution in [0, 0.1) is 23.2 Å². The summed E-state index contributed by atoms with van der Waals surface area (Å²) in [5, 5.41) is 0. The predicted octanol–water partition coefficient (Wildman–Crippen LogP) is 4.78. The van der Waals surface area contributed by atoms with Crippen molar-refractivity contribution in [2.75, 3.05) is 0 Å². The first-order valence-corrected chi connectivity index (χ1v) is 10.8. The lowest BCUT2D eigenvalue weighted by Gasteiger charge is -2.60. The number of ether oxygens (including phenoxy) is 2. The summed E-state index contributed by atoms with van der Waals surface area (Å²) >= 11 is 0. The minimum Gasteiger partial charge on any atom is -0.449 e. The maximum absolute atomic E-state index is 13.0. The van der Waals surface area contributed by atoms with E-state index in [2.05, 4.69) is 39.0 Å². The van der Waals surface area contributed by atoms with Crippen LogP contribution in [0.4, 0.5) is 0 Å². The Hall–Kier alpha value is -2.10. The standard InChI is InChI=1S/C24H28O4/c1-4-5-10-19-23-12-11-15(13-18(23)22(26)27-19)20(14(2)3)24(23)17-9-7-6-8-16(17)21(25)28-24/h6,8,10,13-15,20H,4-5,7,9,11-12H2,1-3H3/b19-10-/t15-,20-,23+,24-/m1/s1. The molecule has 2 bridgehead atoms. The van der Waals surface area contributed by atoms with Crippen molar-refractivity contribution in [3.05, 3.63) is 46.8 Å². The number of hydrogen-bond donors (Lipinski definition) is 0. The number of cyclic esters (lactones) is 1. The zero-order valence-corrected chi connectivity index (χ0v) is 16.9. The van der Waals surface area contributed by atoms with Crippen LogP contribution in [0.25, 0.3) is 0 Å². The fourth-order valence-corrected chi connectivity index (χ4v) is 6.71. The third kappa shape index (κ3) is 1.92. The van der Waals surface area contributed by atoms with Gasteiger partial charge >= 0.3 is 11.9 Å². The van der Waals surface area contributed by atoms with E-state index in [9.17, 15) is 9.59 Å². The van der Waals surface area contributed by atoms with Crippen molar-refractivity contribution in [2.45, 2.75) is 64.9 Å². The van der Waals surface area contributed by atoms with Crippen molar-refractivity contribution in [2.24, 2.45) is 23.2 Å². The SMILES string of the molecule is CCC/C=C1\OC(=O)C2=C[C@H]3CC[C@]21[C@]1(OC(=O)C2=C1CCC=C2)[C@@H]3C(C)C. The van der Waals surface area contributed by atoms with Gasteiger partial charge in [0.25, 0.3) is 0 Å². The number of allylic oxidation sites excluding steroid dienone is 3. The van der Waals surface area contributed by atoms with Gasteiger partial charge in [-0.05, 0) is 55.6 Å². The van der Waals surface area contributed by atoms with E-state index >= 15 is 0 Å². The van der Waals surface area contributed by atoms with Crippen LogP contribution in [0.2, 0.25) is 0 Å². The maximum atomic E-state index is 13.0. The van der Waals surface area contributed by atoms with Crippen molar-refractivity contribution in [3.8, 4) is 0 Å². The zero-order chi connectivity index (χ0) is 19.7. The quantitative estimate of drug-likeness (QED) is 0.661. The van der Waals surface area contributed by atoms with Gasteiger partial charge in [-0.25, -0.2) is 9.59 Å². The highest BCUT2D eigenvalue weighted by Gasteiger charge is 2.76. The second-order valence-electron chi connectivity index (χ2n) is 9.16. The second kappa shape index (κ2) is 5.95. The summed E-state index contributed by atoms with van der Waals surface area (Å²) in [4.78, 5) is 25.9. The number of hydrogen-bond acceptors (Lipinski definition) is 4. The molecular formula is C24H28O4. The molecule has 4 atom stereocenters. The van der Waals surface area contributed by atoms with E-state index in [-0.39, 0.29) is 23.8 Å². The van der Waals surface area contributed by atoms with Gasteiger partial charge in [0, 0.05) is 5.92 Å². The zero-order valence-electron chi connectivity index (χ0n) is 16.9. The third-order valence-electron chi connectivity index (χ3n) is 7.53. The van der Waals surface area contributed by atoms with E-state index in [1.165, 1.54) is 0 Å². The molecule has 0 aromatic heterocycles. The molecule has 148 valence electrons. The topological polar surface area (TPSA) is 52.6 Å². The molecule has 2 heterocycles. The van der Waals surface area contributed by atoms with Gasteiger partial charge < -0.3 is 9.47 Å². The average molecular weight is 380 g/mol. The first-order valence-electron chi connectivity index (χ1n) is 10.8. The molecule has 1 saturated heterocycles. The van der Waals surface area contributed by atoms with Crippen LogP contribution in [-0.4, -0.2) is 17.5 Å². The van der Waals surface area contributed by atoms with E-state index in [1.807, 2.05) is 6.08 Å². The van der Waals surface area contributed by atoms with Gasteiger partial charge in [-0.2, -0.15) is 0 Å². The summed E-state index contributed by atoms with van der Waals surface area (Å²) < 4.78 is 12.3. The van der Waals surface area contributed by atoms with Crippen LogP contribution >= 0.6 is 0 Å². The van der Waals surface area contributed by atoms with Crippen LogP contribution < -0.4 is 0 Å². The Kier molecular flexibility index (Phi) is 3.82. The minimum atomic E-state index is -0.781. The lowest BCUT2D eigenvalue weighted by Crippen LogP contribution is -2.64. The summed E-state index contributed by atoms with van der Waals surface area (Å²) in [6.07, 6.45) is 13.6. The number of carbonyl (C=O) groups is 2. The number of rotatable bonds is 3. The molecule has 4 heteroatoms. The first kappa shape index (κ1) is 18.0. The molecule has 0 amide bonds. The van der Waals surface area contributed by atoms with E-state index in [0.717, 1.165) is 55.4 Å².